The van der Waals surface area contributed by atoms with E-state index in [2.05, 4.69) is 67.9 Å². The van der Waals surface area contributed by atoms with Crippen molar-refractivity contribution >= 4 is 5.69 Å². The number of aryl methyl sites for hydroxylation is 2. The Morgan fingerprint density at radius 2 is 1.81 bits per heavy atom. The number of hydrogen-bond donors (Lipinski definition) is 1. The zero-order chi connectivity index (χ0) is 15.7. The van der Waals surface area contributed by atoms with E-state index in [1.807, 2.05) is 11.7 Å². The Morgan fingerprint density at radius 3 is 2.33 bits per heavy atom. The van der Waals surface area contributed by atoms with Crippen molar-refractivity contribution in [3.05, 3.63) is 28.8 Å². The smallest absolute Gasteiger partial charge is 0.0828 e. The maximum absolute atomic E-state index is 4.62. The number of aromatic nitrogens is 4. The molecule has 0 unspecified atom stereocenters. The monoisotopic (exact) mass is 289 g/mol. The molecule has 0 aliphatic rings. The van der Waals surface area contributed by atoms with Gasteiger partial charge in [-0.25, -0.2) is 0 Å². The molecule has 0 bridgehead atoms. The highest BCUT2D eigenvalue weighted by molar-refractivity contribution is 5.52. The molecular formula is C16H27N5. The lowest BCUT2D eigenvalue weighted by Gasteiger charge is -2.10. The summed E-state index contributed by atoms with van der Waals surface area (Å²) in [4.78, 5) is 0. The van der Waals surface area contributed by atoms with E-state index in [0.29, 0.717) is 12.0 Å². The van der Waals surface area contributed by atoms with E-state index in [-0.39, 0.29) is 0 Å². The first-order chi connectivity index (χ1) is 9.81. The van der Waals surface area contributed by atoms with Gasteiger partial charge in [-0.3, -0.25) is 9.36 Å². The maximum atomic E-state index is 4.62. The van der Waals surface area contributed by atoms with Crippen LogP contribution in [0, 0.1) is 13.8 Å². The van der Waals surface area contributed by atoms with Crippen LogP contribution in [0.4, 0.5) is 5.69 Å². The summed E-state index contributed by atoms with van der Waals surface area (Å²) in [7, 11) is 1.97. The summed E-state index contributed by atoms with van der Waals surface area (Å²) in [6.07, 6.45) is 2.10. The van der Waals surface area contributed by atoms with Gasteiger partial charge < -0.3 is 5.32 Å². The predicted octanol–water partition coefficient (Wildman–Crippen LogP) is 3.55. The topological polar surface area (TPSA) is 47.7 Å². The van der Waals surface area contributed by atoms with Crippen LogP contribution in [0.1, 0.15) is 62.3 Å². The molecule has 0 saturated carbocycles. The van der Waals surface area contributed by atoms with Crippen LogP contribution in [0.15, 0.2) is 6.20 Å². The van der Waals surface area contributed by atoms with Gasteiger partial charge in [0.1, 0.15) is 0 Å². The second kappa shape index (κ2) is 5.92. The average Bonchev–Trinajstić information content (AvgIpc) is 2.89. The molecule has 5 heteroatoms. The number of nitrogens with zero attached hydrogens (tertiary/aromatic N) is 4. The first-order valence-corrected chi connectivity index (χ1v) is 7.63. The van der Waals surface area contributed by atoms with E-state index in [0.717, 1.165) is 23.6 Å². The molecule has 116 valence electrons. The van der Waals surface area contributed by atoms with Crippen LogP contribution in [0.3, 0.4) is 0 Å². The fraction of sp³-hybridized carbons (Fsp3) is 0.625. The van der Waals surface area contributed by atoms with Gasteiger partial charge in [0.2, 0.25) is 0 Å². The van der Waals surface area contributed by atoms with Crippen molar-refractivity contribution in [2.45, 2.75) is 60.0 Å². The molecule has 0 aliphatic heterocycles. The molecule has 0 radical (unpaired) electrons. The second-order valence-electron chi connectivity index (χ2n) is 6.31. The van der Waals surface area contributed by atoms with E-state index >= 15 is 0 Å². The van der Waals surface area contributed by atoms with E-state index in [1.165, 1.54) is 11.3 Å². The van der Waals surface area contributed by atoms with E-state index < -0.39 is 0 Å². The maximum Gasteiger partial charge on any atom is 0.0828 e. The van der Waals surface area contributed by atoms with Crippen LogP contribution >= 0.6 is 0 Å². The lowest BCUT2D eigenvalue weighted by molar-refractivity contribution is 0.516. The standard InChI is InChI=1S/C16H27N5/c1-10(2)15-14(9-20(7)19-15)8-17-16-12(5)18-21(11(3)4)13(16)6/h9-11,17H,8H2,1-7H3. The number of nitrogens with one attached hydrogen (secondary N) is 1. The average molecular weight is 289 g/mol. The number of hydrogen-bond acceptors (Lipinski definition) is 3. The van der Waals surface area contributed by atoms with Crippen molar-refractivity contribution in [3.8, 4) is 0 Å². The summed E-state index contributed by atoms with van der Waals surface area (Å²) in [5, 5.41) is 12.7. The molecule has 0 aliphatic carbocycles. The minimum absolute atomic E-state index is 0.379. The van der Waals surface area contributed by atoms with Crippen molar-refractivity contribution in [3.63, 3.8) is 0 Å². The van der Waals surface area contributed by atoms with Crippen molar-refractivity contribution in [1.82, 2.24) is 19.6 Å². The van der Waals surface area contributed by atoms with Gasteiger partial charge in [-0.05, 0) is 33.6 Å². The lowest BCUT2D eigenvalue weighted by atomic mass is 10.1. The van der Waals surface area contributed by atoms with Crippen LogP contribution in [-0.2, 0) is 13.6 Å². The molecule has 0 saturated heterocycles. The Hall–Kier alpha value is -1.78. The summed E-state index contributed by atoms with van der Waals surface area (Å²) in [5.74, 6) is 0.434. The number of anilines is 1. The van der Waals surface area contributed by atoms with Crippen LogP contribution in [0.2, 0.25) is 0 Å². The van der Waals surface area contributed by atoms with Crippen molar-refractivity contribution in [1.29, 1.82) is 0 Å². The highest BCUT2D eigenvalue weighted by atomic mass is 15.3. The quantitative estimate of drug-likeness (QED) is 0.915. The Morgan fingerprint density at radius 1 is 1.14 bits per heavy atom. The van der Waals surface area contributed by atoms with E-state index in [1.54, 1.807) is 0 Å². The fourth-order valence-electron chi connectivity index (χ4n) is 2.78. The van der Waals surface area contributed by atoms with Gasteiger partial charge in [0.25, 0.3) is 0 Å². The largest absolute Gasteiger partial charge is 0.378 e. The van der Waals surface area contributed by atoms with Gasteiger partial charge in [0.05, 0.1) is 22.8 Å². The molecule has 21 heavy (non-hydrogen) atoms. The zero-order valence-electron chi connectivity index (χ0n) is 14.2. The number of rotatable bonds is 5. The molecule has 0 atom stereocenters. The minimum atomic E-state index is 0.379. The van der Waals surface area contributed by atoms with Crippen LogP contribution < -0.4 is 5.32 Å². The molecule has 5 nitrogen and oxygen atoms in total. The van der Waals surface area contributed by atoms with Crippen LogP contribution in [0.25, 0.3) is 0 Å². The summed E-state index contributed by atoms with van der Waals surface area (Å²) >= 11 is 0. The lowest BCUT2D eigenvalue weighted by Crippen LogP contribution is -2.06. The molecule has 2 aromatic heterocycles. The summed E-state index contributed by atoms with van der Waals surface area (Å²) in [5.41, 5.74) is 5.80. The first kappa shape index (κ1) is 15.6. The molecule has 2 heterocycles. The summed E-state index contributed by atoms with van der Waals surface area (Å²) in [6.45, 7) is 13.6. The van der Waals surface area contributed by atoms with Crippen molar-refractivity contribution in [2.24, 2.45) is 7.05 Å². The minimum Gasteiger partial charge on any atom is -0.378 e. The Kier molecular flexibility index (Phi) is 4.40. The van der Waals surface area contributed by atoms with Crippen molar-refractivity contribution in [2.75, 3.05) is 5.32 Å². The van der Waals surface area contributed by atoms with Gasteiger partial charge in [-0.2, -0.15) is 10.2 Å². The van der Waals surface area contributed by atoms with Gasteiger partial charge in [-0.1, -0.05) is 13.8 Å². The molecule has 2 rings (SSSR count). The third-order valence-corrected chi connectivity index (χ3v) is 3.75. The molecule has 0 aromatic carbocycles. The second-order valence-corrected chi connectivity index (χ2v) is 6.31. The van der Waals surface area contributed by atoms with Crippen LogP contribution in [0.5, 0.6) is 0 Å². The van der Waals surface area contributed by atoms with E-state index in [4.69, 9.17) is 0 Å². The molecule has 1 N–H and O–H groups in total. The Labute approximate surface area is 127 Å². The van der Waals surface area contributed by atoms with E-state index in [9.17, 15) is 0 Å². The Bertz CT molecular complexity index is 619. The summed E-state index contributed by atoms with van der Waals surface area (Å²) in [6, 6.07) is 0.379. The molecule has 2 aromatic rings. The molecule has 0 spiro atoms. The first-order valence-electron chi connectivity index (χ1n) is 7.63. The predicted molar refractivity (Wildman–Crippen MR) is 86.7 cm³/mol. The normalized spacial score (nSPS) is 11.7. The zero-order valence-corrected chi connectivity index (χ0v) is 14.2. The summed E-state index contributed by atoms with van der Waals surface area (Å²) < 4.78 is 3.97. The van der Waals surface area contributed by atoms with Gasteiger partial charge >= 0.3 is 0 Å². The van der Waals surface area contributed by atoms with Crippen LogP contribution in [-0.4, -0.2) is 19.6 Å². The third-order valence-electron chi connectivity index (χ3n) is 3.75. The third kappa shape index (κ3) is 3.12. The van der Waals surface area contributed by atoms with Gasteiger partial charge in [0.15, 0.2) is 0 Å². The highest BCUT2D eigenvalue weighted by Gasteiger charge is 2.15. The molecule has 0 amide bonds. The molecular weight excluding hydrogens is 262 g/mol. The Balaban J connectivity index is 2.21. The highest BCUT2D eigenvalue weighted by Crippen LogP contribution is 2.24. The van der Waals surface area contributed by atoms with Gasteiger partial charge in [0, 0.05) is 31.4 Å². The fourth-order valence-corrected chi connectivity index (χ4v) is 2.78. The SMILES string of the molecule is Cc1nn(C(C)C)c(C)c1NCc1cn(C)nc1C(C)C. The molecule has 0 fully saturated rings. The van der Waals surface area contributed by atoms with Crippen molar-refractivity contribution < 1.29 is 0 Å². The van der Waals surface area contributed by atoms with Gasteiger partial charge in [-0.15, -0.1) is 0 Å².